The van der Waals surface area contributed by atoms with Crippen LogP contribution in [0.25, 0.3) is 0 Å². The van der Waals surface area contributed by atoms with Crippen LogP contribution in [0.3, 0.4) is 0 Å². The first-order chi connectivity index (χ1) is 5.72. The molecule has 0 bridgehead atoms. The zero-order chi connectivity index (χ0) is 8.97. The van der Waals surface area contributed by atoms with E-state index in [0.29, 0.717) is 5.92 Å². The second kappa shape index (κ2) is 4.04. The summed E-state index contributed by atoms with van der Waals surface area (Å²) in [5, 5.41) is 0. The number of carbonyl (C=O) groups is 2. The first-order valence-corrected chi connectivity index (χ1v) is 4.00. The zero-order valence-electron chi connectivity index (χ0n) is 7.08. The molecule has 0 atom stereocenters. The summed E-state index contributed by atoms with van der Waals surface area (Å²) in [5.74, 6) is -0.0687. The molecule has 0 aromatic heterocycles. The second-order valence-corrected chi connectivity index (χ2v) is 2.92. The van der Waals surface area contributed by atoms with Crippen LogP contribution in [0.5, 0.6) is 0 Å². The topological polar surface area (TPSA) is 43.4 Å². The summed E-state index contributed by atoms with van der Waals surface area (Å²) in [4.78, 5) is 21.6. The molecule has 1 saturated carbocycles. The predicted octanol–water partition coefficient (Wildman–Crippen LogP) is 1.08. The molecule has 0 amide bonds. The highest BCUT2D eigenvalue weighted by molar-refractivity contribution is 6.01. The van der Waals surface area contributed by atoms with Gasteiger partial charge in [0.25, 0.3) is 0 Å². The molecule has 0 saturated heterocycles. The molecular formula is C9H12O3. The monoisotopic (exact) mass is 168 g/mol. The van der Waals surface area contributed by atoms with Crippen molar-refractivity contribution >= 4 is 11.8 Å². The van der Waals surface area contributed by atoms with E-state index in [0.717, 1.165) is 0 Å². The number of allylic oxidation sites excluding steroid dienone is 2. The molecule has 0 N–H and O–H groups in total. The van der Waals surface area contributed by atoms with E-state index in [1.807, 2.05) is 6.08 Å². The van der Waals surface area contributed by atoms with Crippen LogP contribution in [0, 0.1) is 5.92 Å². The Morgan fingerprint density at radius 2 is 2.17 bits per heavy atom. The van der Waals surface area contributed by atoms with Crippen molar-refractivity contribution in [2.45, 2.75) is 19.3 Å². The molecule has 3 heteroatoms. The van der Waals surface area contributed by atoms with Crippen molar-refractivity contribution < 1.29 is 14.3 Å². The zero-order valence-corrected chi connectivity index (χ0v) is 7.08. The standard InChI is InChI=1S/C9H12O3/c1-12-9(11)6-8(10)5-4-7-2-3-7/h4-5,7H,2-3,6H2,1H3. The molecule has 0 unspecified atom stereocenters. The number of rotatable bonds is 4. The Labute approximate surface area is 71.4 Å². The molecular weight excluding hydrogens is 156 g/mol. The maximum absolute atomic E-state index is 11.0. The fourth-order valence-corrected chi connectivity index (χ4v) is 0.805. The van der Waals surface area contributed by atoms with Crippen LogP contribution in [0.4, 0.5) is 0 Å². The van der Waals surface area contributed by atoms with E-state index in [2.05, 4.69) is 4.74 Å². The number of carbonyl (C=O) groups excluding carboxylic acids is 2. The SMILES string of the molecule is COC(=O)CC(=O)C=CC1CC1. The molecule has 0 spiro atoms. The Bertz CT molecular complexity index is 214. The fourth-order valence-electron chi connectivity index (χ4n) is 0.805. The van der Waals surface area contributed by atoms with Gasteiger partial charge in [0, 0.05) is 0 Å². The maximum atomic E-state index is 11.0. The third-order valence-electron chi connectivity index (χ3n) is 1.72. The van der Waals surface area contributed by atoms with Gasteiger partial charge in [-0.05, 0) is 24.8 Å². The molecule has 0 radical (unpaired) electrons. The average Bonchev–Trinajstić information content (AvgIpc) is 2.83. The Hall–Kier alpha value is -1.12. The van der Waals surface area contributed by atoms with Gasteiger partial charge in [0.15, 0.2) is 5.78 Å². The third kappa shape index (κ3) is 3.32. The molecule has 0 aromatic rings. The molecule has 0 aliphatic heterocycles. The molecule has 0 heterocycles. The van der Waals surface area contributed by atoms with Crippen LogP contribution >= 0.6 is 0 Å². The molecule has 1 aliphatic carbocycles. The van der Waals surface area contributed by atoms with Gasteiger partial charge in [-0.3, -0.25) is 9.59 Å². The summed E-state index contributed by atoms with van der Waals surface area (Å²) in [6.45, 7) is 0. The molecule has 3 nitrogen and oxygen atoms in total. The van der Waals surface area contributed by atoms with E-state index in [1.165, 1.54) is 26.0 Å². The summed E-state index contributed by atoms with van der Waals surface area (Å²) in [6, 6.07) is 0. The van der Waals surface area contributed by atoms with Crippen molar-refractivity contribution in [3.05, 3.63) is 12.2 Å². The van der Waals surface area contributed by atoms with Crippen LogP contribution in [-0.2, 0) is 14.3 Å². The van der Waals surface area contributed by atoms with Gasteiger partial charge in [0.2, 0.25) is 0 Å². The minimum atomic E-state index is -0.472. The fraction of sp³-hybridized carbons (Fsp3) is 0.556. The molecule has 1 rings (SSSR count). The molecule has 1 fully saturated rings. The smallest absolute Gasteiger partial charge is 0.313 e. The van der Waals surface area contributed by atoms with Crippen LogP contribution in [0.2, 0.25) is 0 Å². The summed E-state index contributed by atoms with van der Waals surface area (Å²) >= 11 is 0. The van der Waals surface area contributed by atoms with E-state index in [-0.39, 0.29) is 12.2 Å². The highest BCUT2D eigenvalue weighted by Gasteiger charge is 2.17. The lowest BCUT2D eigenvalue weighted by atomic mass is 10.2. The van der Waals surface area contributed by atoms with Gasteiger partial charge in [-0.1, -0.05) is 6.08 Å². The van der Waals surface area contributed by atoms with Crippen LogP contribution in [0.1, 0.15) is 19.3 Å². The van der Waals surface area contributed by atoms with Crippen molar-refractivity contribution in [3.63, 3.8) is 0 Å². The van der Waals surface area contributed by atoms with Gasteiger partial charge in [-0.25, -0.2) is 0 Å². The van der Waals surface area contributed by atoms with Crippen molar-refractivity contribution in [3.8, 4) is 0 Å². The van der Waals surface area contributed by atoms with Gasteiger partial charge in [0.05, 0.1) is 7.11 Å². The Morgan fingerprint density at radius 3 is 2.67 bits per heavy atom. The normalized spacial score (nSPS) is 16.4. The lowest BCUT2D eigenvalue weighted by molar-refractivity contribution is -0.142. The molecule has 12 heavy (non-hydrogen) atoms. The van der Waals surface area contributed by atoms with E-state index >= 15 is 0 Å². The van der Waals surface area contributed by atoms with Gasteiger partial charge >= 0.3 is 5.97 Å². The number of hydrogen-bond donors (Lipinski definition) is 0. The number of methoxy groups -OCH3 is 1. The predicted molar refractivity (Wildman–Crippen MR) is 43.5 cm³/mol. The number of esters is 1. The van der Waals surface area contributed by atoms with Gasteiger partial charge in [-0.2, -0.15) is 0 Å². The van der Waals surface area contributed by atoms with Crippen molar-refractivity contribution in [1.29, 1.82) is 0 Å². The minimum Gasteiger partial charge on any atom is -0.469 e. The van der Waals surface area contributed by atoms with Crippen LogP contribution in [0.15, 0.2) is 12.2 Å². The average molecular weight is 168 g/mol. The Morgan fingerprint density at radius 1 is 1.50 bits per heavy atom. The summed E-state index contributed by atoms with van der Waals surface area (Å²) < 4.78 is 4.35. The minimum absolute atomic E-state index is 0.139. The maximum Gasteiger partial charge on any atom is 0.313 e. The summed E-state index contributed by atoms with van der Waals surface area (Å²) in [5.41, 5.74) is 0. The van der Waals surface area contributed by atoms with E-state index in [4.69, 9.17) is 0 Å². The first kappa shape index (κ1) is 8.97. The lowest BCUT2D eigenvalue weighted by Crippen LogP contribution is -2.06. The second-order valence-electron chi connectivity index (χ2n) is 2.92. The number of ketones is 1. The molecule has 0 aromatic carbocycles. The largest absolute Gasteiger partial charge is 0.469 e. The van der Waals surface area contributed by atoms with E-state index < -0.39 is 5.97 Å². The highest BCUT2D eigenvalue weighted by Crippen LogP contribution is 2.29. The number of ether oxygens (including phenoxy) is 1. The van der Waals surface area contributed by atoms with Crippen molar-refractivity contribution in [2.24, 2.45) is 5.92 Å². The Kier molecular flexibility index (Phi) is 3.02. The molecule has 1 aliphatic rings. The Balaban J connectivity index is 2.22. The van der Waals surface area contributed by atoms with Crippen LogP contribution < -0.4 is 0 Å². The van der Waals surface area contributed by atoms with Crippen molar-refractivity contribution in [1.82, 2.24) is 0 Å². The third-order valence-corrected chi connectivity index (χ3v) is 1.72. The van der Waals surface area contributed by atoms with Gasteiger partial charge in [0.1, 0.15) is 6.42 Å². The van der Waals surface area contributed by atoms with Gasteiger partial charge < -0.3 is 4.74 Å². The lowest BCUT2D eigenvalue weighted by Gasteiger charge is -1.93. The van der Waals surface area contributed by atoms with E-state index in [1.54, 1.807) is 0 Å². The number of hydrogen-bond acceptors (Lipinski definition) is 3. The quantitative estimate of drug-likeness (QED) is 0.358. The first-order valence-electron chi connectivity index (χ1n) is 4.00. The van der Waals surface area contributed by atoms with E-state index in [9.17, 15) is 9.59 Å². The van der Waals surface area contributed by atoms with Crippen molar-refractivity contribution in [2.75, 3.05) is 7.11 Å². The molecule has 66 valence electrons. The van der Waals surface area contributed by atoms with Gasteiger partial charge in [-0.15, -0.1) is 0 Å². The van der Waals surface area contributed by atoms with Crippen LogP contribution in [-0.4, -0.2) is 18.9 Å². The summed E-state index contributed by atoms with van der Waals surface area (Å²) in [6.07, 6.45) is 5.55. The summed E-state index contributed by atoms with van der Waals surface area (Å²) in [7, 11) is 1.28. The highest BCUT2D eigenvalue weighted by atomic mass is 16.5.